The predicted octanol–water partition coefficient (Wildman–Crippen LogP) is 3.58. The fourth-order valence-corrected chi connectivity index (χ4v) is 2.43. The van der Waals surface area contributed by atoms with E-state index in [2.05, 4.69) is 5.10 Å². The van der Waals surface area contributed by atoms with Crippen LogP contribution < -0.4 is 0 Å². The Kier molecular flexibility index (Phi) is 4.77. The monoisotopic (exact) mass is 262 g/mol. The number of hydrazone groups is 1. The Morgan fingerprint density at radius 3 is 2.20 bits per heavy atom. The zero-order valence-electron chi connectivity index (χ0n) is 8.79. The molecule has 1 aromatic carbocycles. The van der Waals surface area contributed by atoms with E-state index in [9.17, 15) is 0 Å². The summed E-state index contributed by atoms with van der Waals surface area (Å²) in [5.74, 6) is 0. The van der Waals surface area contributed by atoms with E-state index in [0.29, 0.717) is 10.0 Å². The van der Waals surface area contributed by atoms with E-state index >= 15 is 0 Å². The zero-order valence-corrected chi connectivity index (χ0v) is 11.1. The minimum Gasteiger partial charge on any atom is -0.302 e. The first-order valence-corrected chi connectivity index (χ1v) is 6.28. The average Bonchev–Trinajstić information content (AvgIpc) is 2.15. The third kappa shape index (κ3) is 3.30. The molecule has 0 saturated carbocycles. The third-order valence-electron chi connectivity index (χ3n) is 1.66. The molecular weight excluding hydrogens is 251 g/mol. The normalized spacial score (nSPS) is 11.7. The Morgan fingerprint density at radius 2 is 1.80 bits per heavy atom. The summed E-state index contributed by atoms with van der Waals surface area (Å²) in [6.07, 6.45) is 1.95. The molecule has 0 atom stereocenters. The number of rotatable bonds is 2. The Bertz CT molecular complexity index is 357. The number of benzene rings is 1. The van der Waals surface area contributed by atoms with E-state index < -0.39 is 0 Å². The number of hydrogen-bond acceptors (Lipinski definition) is 3. The van der Waals surface area contributed by atoms with Gasteiger partial charge in [-0.05, 0) is 18.4 Å². The summed E-state index contributed by atoms with van der Waals surface area (Å²) in [5.41, 5.74) is 0.794. The summed E-state index contributed by atoms with van der Waals surface area (Å²) in [7, 11) is 3.72. The van der Waals surface area contributed by atoms with Crippen LogP contribution in [0.25, 0.3) is 0 Å². The van der Waals surface area contributed by atoms with Gasteiger partial charge in [0, 0.05) is 19.7 Å². The largest absolute Gasteiger partial charge is 0.302 e. The van der Waals surface area contributed by atoms with Gasteiger partial charge in [0.25, 0.3) is 0 Å². The molecule has 0 amide bonds. The molecule has 0 bridgehead atoms. The van der Waals surface area contributed by atoms with Crippen LogP contribution in [0, 0.1) is 0 Å². The molecule has 0 spiro atoms. The molecule has 82 valence electrons. The van der Waals surface area contributed by atoms with E-state index in [-0.39, 0.29) is 0 Å². The van der Waals surface area contributed by atoms with Gasteiger partial charge in [-0.25, -0.2) is 0 Å². The second-order valence-electron chi connectivity index (χ2n) is 3.05. The molecule has 0 aliphatic carbocycles. The van der Waals surface area contributed by atoms with Crippen LogP contribution in [0.5, 0.6) is 0 Å². The first-order valence-electron chi connectivity index (χ1n) is 4.30. The molecular formula is C10H12Cl2N2S. The molecule has 1 rings (SSSR count). The molecule has 5 heteroatoms. The summed E-state index contributed by atoms with van der Waals surface area (Å²) in [4.78, 5) is 0. The van der Waals surface area contributed by atoms with Crippen LogP contribution >= 0.6 is 35.0 Å². The Labute approximate surface area is 104 Å². The van der Waals surface area contributed by atoms with Gasteiger partial charge in [0.05, 0.1) is 10.0 Å². The summed E-state index contributed by atoms with van der Waals surface area (Å²) in [6, 6.07) is 5.44. The van der Waals surface area contributed by atoms with Crippen molar-refractivity contribution in [3.05, 3.63) is 33.8 Å². The van der Waals surface area contributed by atoms with Gasteiger partial charge in [0.2, 0.25) is 0 Å². The van der Waals surface area contributed by atoms with Gasteiger partial charge in [0.1, 0.15) is 5.04 Å². The smallest absolute Gasteiger partial charge is 0.126 e. The van der Waals surface area contributed by atoms with Gasteiger partial charge in [-0.15, -0.1) is 11.8 Å². The maximum atomic E-state index is 6.09. The number of halogens is 2. The lowest BCUT2D eigenvalue weighted by molar-refractivity contribution is 0.440. The van der Waals surface area contributed by atoms with Crippen LogP contribution in [0.3, 0.4) is 0 Å². The molecule has 0 fully saturated rings. The van der Waals surface area contributed by atoms with Crippen LogP contribution in [0.1, 0.15) is 5.56 Å². The minimum absolute atomic E-state index is 0.623. The number of nitrogens with zero attached hydrogens (tertiary/aromatic N) is 2. The van der Waals surface area contributed by atoms with Crippen LogP contribution in [-0.2, 0) is 0 Å². The highest BCUT2D eigenvalue weighted by Gasteiger charge is 2.12. The Balaban J connectivity index is 3.24. The molecule has 0 aromatic heterocycles. The van der Waals surface area contributed by atoms with Gasteiger partial charge in [-0.1, -0.05) is 29.3 Å². The van der Waals surface area contributed by atoms with Crippen molar-refractivity contribution < 1.29 is 0 Å². The second kappa shape index (κ2) is 5.64. The molecule has 0 N–H and O–H groups in total. The van der Waals surface area contributed by atoms with E-state index in [0.717, 1.165) is 10.6 Å². The van der Waals surface area contributed by atoms with Crippen molar-refractivity contribution in [2.45, 2.75) is 0 Å². The first-order chi connectivity index (χ1) is 7.06. The van der Waals surface area contributed by atoms with Crippen molar-refractivity contribution in [1.82, 2.24) is 5.01 Å². The van der Waals surface area contributed by atoms with Crippen molar-refractivity contribution in [3.63, 3.8) is 0 Å². The Morgan fingerprint density at radius 1 is 1.27 bits per heavy atom. The topological polar surface area (TPSA) is 15.6 Å². The van der Waals surface area contributed by atoms with Crippen LogP contribution in [0.4, 0.5) is 0 Å². The molecule has 0 heterocycles. The fraction of sp³-hybridized carbons (Fsp3) is 0.300. The van der Waals surface area contributed by atoms with Gasteiger partial charge >= 0.3 is 0 Å². The van der Waals surface area contributed by atoms with Gasteiger partial charge in [-0.2, -0.15) is 5.10 Å². The molecule has 15 heavy (non-hydrogen) atoms. The van der Waals surface area contributed by atoms with Crippen molar-refractivity contribution in [2.75, 3.05) is 20.4 Å². The average molecular weight is 263 g/mol. The molecule has 0 radical (unpaired) electrons. The highest BCUT2D eigenvalue weighted by Crippen LogP contribution is 2.28. The van der Waals surface area contributed by atoms with Crippen LogP contribution in [0.2, 0.25) is 10.0 Å². The Hall–Kier alpha value is -0.380. The molecule has 0 saturated heterocycles. The molecule has 0 aliphatic rings. The number of thioether (sulfide) groups is 1. The summed E-state index contributed by atoms with van der Waals surface area (Å²) >= 11 is 13.7. The minimum atomic E-state index is 0.623. The fourth-order valence-electron chi connectivity index (χ4n) is 1.08. The molecule has 0 unspecified atom stereocenters. The maximum absolute atomic E-state index is 6.09. The third-order valence-corrected chi connectivity index (χ3v) is 2.96. The summed E-state index contributed by atoms with van der Waals surface area (Å²) < 4.78 is 0. The highest BCUT2D eigenvalue weighted by atomic mass is 35.5. The first kappa shape index (κ1) is 12.7. The van der Waals surface area contributed by atoms with Crippen molar-refractivity contribution in [2.24, 2.45) is 5.10 Å². The quantitative estimate of drug-likeness (QED) is 0.460. The lowest BCUT2D eigenvalue weighted by Gasteiger charge is -2.11. The van der Waals surface area contributed by atoms with E-state index in [1.807, 2.05) is 38.6 Å². The van der Waals surface area contributed by atoms with E-state index in [4.69, 9.17) is 23.2 Å². The van der Waals surface area contributed by atoms with Crippen LogP contribution in [-0.4, -0.2) is 30.4 Å². The second-order valence-corrected chi connectivity index (χ2v) is 4.66. The van der Waals surface area contributed by atoms with Crippen molar-refractivity contribution >= 4 is 40.0 Å². The number of hydrogen-bond donors (Lipinski definition) is 0. The van der Waals surface area contributed by atoms with Crippen LogP contribution in [0.15, 0.2) is 23.3 Å². The maximum Gasteiger partial charge on any atom is 0.126 e. The molecule has 0 aliphatic heterocycles. The van der Waals surface area contributed by atoms with Gasteiger partial charge < -0.3 is 5.01 Å². The lowest BCUT2D eigenvalue weighted by Crippen LogP contribution is -2.08. The summed E-state index contributed by atoms with van der Waals surface area (Å²) in [6.45, 7) is 0. The zero-order chi connectivity index (χ0) is 11.4. The molecule has 1 aromatic rings. The lowest BCUT2D eigenvalue weighted by atomic mass is 10.2. The SMILES string of the molecule is CSC(=NN(C)C)c1c(Cl)cccc1Cl. The summed E-state index contributed by atoms with van der Waals surface area (Å²) in [5, 5.41) is 8.12. The van der Waals surface area contributed by atoms with Crippen molar-refractivity contribution in [3.8, 4) is 0 Å². The van der Waals surface area contributed by atoms with E-state index in [1.54, 1.807) is 5.01 Å². The predicted molar refractivity (Wildman–Crippen MR) is 70.2 cm³/mol. The van der Waals surface area contributed by atoms with Crippen molar-refractivity contribution in [1.29, 1.82) is 0 Å². The standard InChI is InChI=1S/C10H12Cl2N2S/c1-14(2)13-10(15-3)9-7(11)5-4-6-8(9)12/h4-6H,1-3H3. The van der Waals surface area contributed by atoms with Gasteiger partial charge in [-0.3, -0.25) is 0 Å². The molecule has 2 nitrogen and oxygen atoms in total. The highest BCUT2D eigenvalue weighted by molar-refractivity contribution is 8.13. The van der Waals surface area contributed by atoms with Gasteiger partial charge in [0.15, 0.2) is 0 Å². The van der Waals surface area contributed by atoms with E-state index in [1.165, 1.54) is 11.8 Å².